The lowest BCUT2D eigenvalue weighted by Crippen LogP contribution is -2.37. The summed E-state index contributed by atoms with van der Waals surface area (Å²) in [5, 5.41) is 5.57. The van der Waals surface area contributed by atoms with Gasteiger partial charge in [-0.3, -0.25) is 4.79 Å². The van der Waals surface area contributed by atoms with Gasteiger partial charge in [-0.05, 0) is 40.3 Å². The Kier molecular flexibility index (Phi) is 8.00. The lowest BCUT2D eigenvalue weighted by Gasteiger charge is -2.20. The van der Waals surface area contributed by atoms with Crippen LogP contribution in [0.15, 0.2) is 78.9 Å². The van der Waals surface area contributed by atoms with Gasteiger partial charge in [0.15, 0.2) is 0 Å². The summed E-state index contributed by atoms with van der Waals surface area (Å²) in [5.41, 5.74) is 9.89. The van der Waals surface area contributed by atoms with Crippen LogP contribution in [0.25, 0.3) is 0 Å². The van der Waals surface area contributed by atoms with Crippen LogP contribution in [-0.4, -0.2) is 12.0 Å². The van der Waals surface area contributed by atoms with Crippen LogP contribution >= 0.6 is 0 Å². The number of amides is 2. The minimum Gasteiger partial charge on any atom is -0.445 e. The summed E-state index contributed by atoms with van der Waals surface area (Å²) in [6, 6.07) is 23.4. The van der Waals surface area contributed by atoms with E-state index in [0.717, 1.165) is 16.7 Å². The molecule has 1 atom stereocenters. The first-order chi connectivity index (χ1) is 15.5. The van der Waals surface area contributed by atoms with Crippen molar-refractivity contribution in [2.75, 3.05) is 5.32 Å². The zero-order valence-corrected chi connectivity index (χ0v) is 18.4. The average molecular weight is 432 g/mol. The number of carbonyl (C=O) groups is 2. The molecular formula is C26H29N3O3. The molecule has 32 heavy (non-hydrogen) atoms. The monoisotopic (exact) mass is 431 g/mol. The van der Waals surface area contributed by atoms with Gasteiger partial charge in [-0.25, -0.2) is 4.79 Å². The summed E-state index contributed by atoms with van der Waals surface area (Å²) in [4.78, 5) is 25.6. The number of carbonyl (C=O) groups excluding carboxylic acids is 2. The van der Waals surface area contributed by atoms with Crippen LogP contribution in [0.2, 0.25) is 0 Å². The van der Waals surface area contributed by atoms with Crippen molar-refractivity contribution in [3.8, 4) is 0 Å². The topological polar surface area (TPSA) is 93.4 Å². The molecule has 0 unspecified atom stereocenters. The second-order valence-electron chi connectivity index (χ2n) is 7.85. The molecule has 3 aromatic rings. The third-order valence-corrected chi connectivity index (χ3v) is 5.10. The quantitative estimate of drug-likeness (QED) is 0.474. The number of hydrogen-bond donors (Lipinski definition) is 3. The number of rotatable bonds is 8. The van der Waals surface area contributed by atoms with E-state index in [1.165, 1.54) is 0 Å². The van der Waals surface area contributed by atoms with Gasteiger partial charge >= 0.3 is 6.09 Å². The molecule has 3 aromatic carbocycles. The summed E-state index contributed by atoms with van der Waals surface area (Å²) in [7, 11) is 0. The minimum absolute atomic E-state index is 0.117. The molecule has 0 aliphatic rings. The molecule has 166 valence electrons. The average Bonchev–Trinajstić information content (AvgIpc) is 2.82. The Balaban J connectivity index is 1.76. The zero-order chi connectivity index (χ0) is 22.9. The van der Waals surface area contributed by atoms with E-state index in [9.17, 15) is 9.59 Å². The number of hydrogen-bond acceptors (Lipinski definition) is 4. The summed E-state index contributed by atoms with van der Waals surface area (Å²) in [6.45, 7) is 4.69. The Morgan fingerprint density at radius 3 is 2.19 bits per heavy atom. The molecule has 0 aliphatic carbocycles. The van der Waals surface area contributed by atoms with Crippen LogP contribution in [0.5, 0.6) is 0 Å². The highest BCUT2D eigenvalue weighted by atomic mass is 16.5. The molecule has 0 spiro atoms. The molecule has 4 N–H and O–H groups in total. The Labute approximate surface area is 188 Å². The van der Waals surface area contributed by atoms with Crippen molar-refractivity contribution in [2.24, 2.45) is 5.73 Å². The molecule has 6 heteroatoms. The van der Waals surface area contributed by atoms with Gasteiger partial charge in [0.2, 0.25) is 0 Å². The summed E-state index contributed by atoms with van der Waals surface area (Å²) in [5.74, 6) is -0.00717. The fraction of sp³-hybridized carbons (Fsp3) is 0.231. The lowest BCUT2D eigenvalue weighted by atomic mass is 9.98. The molecular weight excluding hydrogens is 402 g/mol. The fourth-order valence-electron chi connectivity index (χ4n) is 3.25. The minimum atomic E-state index is -0.916. The maximum Gasteiger partial charge on any atom is 0.408 e. The van der Waals surface area contributed by atoms with Gasteiger partial charge in [0.05, 0.1) is 0 Å². The van der Waals surface area contributed by atoms with Gasteiger partial charge in [0.1, 0.15) is 12.6 Å². The third-order valence-electron chi connectivity index (χ3n) is 5.10. The van der Waals surface area contributed by atoms with Crippen molar-refractivity contribution in [3.05, 3.63) is 101 Å². The molecule has 2 amide bonds. The van der Waals surface area contributed by atoms with Crippen molar-refractivity contribution in [2.45, 2.75) is 39.0 Å². The Bertz CT molecular complexity index is 1030. The molecule has 0 aromatic heterocycles. The third kappa shape index (κ3) is 6.43. The predicted molar refractivity (Wildman–Crippen MR) is 126 cm³/mol. The van der Waals surface area contributed by atoms with Gasteiger partial charge in [0, 0.05) is 12.2 Å². The molecule has 0 fully saturated rings. The molecule has 3 rings (SSSR count). The summed E-state index contributed by atoms with van der Waals surface area (Å²) in [6.07, 6.45) is -0.669. The first kappa shape index (κ1) is 23.0. The zero-order valence-electron chi connectivity index (χ0n) is 18.4. The highest BCUT2D eigenvalue weighted by Crippen LogP contribution is 2.21. The molecule has 6 nitrogen and oxygen atoms in total. The number of alkyl carbamates (subject to hydrolysis) is 1. The number of nitrogens with two attached hydrogens (primary N) is 1. The molecule has 0 saturated heterocycles. The van der Waals surface area contributed by atoms with E-state index in [0.29, 0.717) is 23.7 Å². The van der Waals surface area contributed by atoms with E-state index in [2.05, 4.69) is 24.5 Å². The van der Waals surface area contributed by atoms with Gasteiger partial charge in [-0.1, -0.05) is 80.6 Å². The lowest BCUT2D eigenvalue weighted by molar-refractivity contribution is -0.118. The van der Waals surface area contributed by atoms with Crippen LogP contribution in [-0.2, 0) is 22.7 Å². The Morgan fingerprint density at radius 2 is 1.53 bits per heavy atom. The van der Waals surface area contributed by atoms with E-state index in [4.69, 9.17) is 10.5 Å². The molecule has 0 heterocycles. The maximum absolute atomic E-state index is 13.1. The standard InChI is InChI=1S/C26H29N3O3/c1-18(2)21-11-13-22(14-12-21)24(25(30)28-23-10-6-9-20(15-23)16-27)29-26(31)32-17-19-7-4-3-5-8-19/h3-15,18,24H,16-17,27H2,1-2H3,(H,28,30)(H,29,31)/t24-/m1/s1. The second kappa shape index (κ2) is 11.1. The highest BCUT2D eigenvalue weighted by Gasteiger charge is 2.24. The van der Waals surface area contributed by atoms with E-state index in [-0.39, 0.29) is 12.5 Å². The van der Waals surface area contributed by atoms with Crippen LogP contribution < -0.4 is 16.4 Å². The van der Waals surface area contributed by atoms with Crippen LogP contribution in [0.3, 0.4) is 0 Å². The van der Waals surface area contributed by atoms with E-state index >= 15 is 0 Å². The van der Waals surface area contributed by atoms with Crippen LogP contribution in [0.4, 0.5) is 10.5 Å². The molecule has 0 saturated carbocycles. The maximum atomic E-state index is 13.1. The van der Waals surface area contributed by atoms with E-state index in [1.807, 2.05) is 72.8 Å². The fourth-order valence-corrected chi connectivity index (χ4v) is 3.25. The smallest absolute Gasteiger partial charge is 0.408 e. The van der Waals surface area contributed by atoms with Crippen LogP contribution in [0.1, 0.15) is 48.1 Å². The molecule has 0 radical (unpaired) electrons. The van der Waals surface area contributed by atoms with Crippen molar-refractivity contribution in [3.63, 3.8) is 0 Å². The summed E-state index contributed by atoms with van der Waals surface area (Å²) >= 11 is 0. The van der Waals surface area contributed by atoms with E-state index in [1.54, 1.807) is 6.07 Å². The SMILES string of the molecule is CC(C)c1ccc([C@@H](NC(=O)OCc2ccccc2)C(=O)Nc2cccc(CN)c2)cc1. The first-order valence-electron chi connectivity index (χ1n) is 10.6. The van der Waals surface area contributed by atoms with Crippen LogP contribution in [0, 0.1) is 0 Å². The highest BCUT2D eigenvalue weighted by molar-refractivity contribution is 5.97. The van der Waals surface area contributed by atoms with Crippen molar-refractivity contribution in [1.82, 2.24) is 5.32 Å². The number of ether oxygens (including phenoxy) is 1. The molecule has 0 aliphatic heterocycles. The number of nitrogens with one attached hydrogen (secondary N) is 2. The summed E-state index contributed by atoms with van der Waals surface area (Å²) < 4.78 is 5.33. The van der Waals surface area contributed by atoms with Gasteiger partial charge in [0.25, 0.3) is 5.91 Å². The van der Waals surface area contributed by atoms with Crippen molar-refractivity contribution < 1.29 is 14.3 Å². The number of benzene rings is 3. The van der Waals surface area contributed by atoms with Crippen molar-refractivity contribution >= 4 is 17.7 Å². The Morgan fingerprint density at radius 1 is 0.875 bits per heavy atom. The normalized spacial score (nSPS) is 11.6. The van der Waals surface area contributed by atoms with E-state index < -0.39 is 12.1 Å². The first-order valence-corrected chi connectivity index (χ1v) is 10.6. The van der Waals surface area contributed by atoms with Gasteiger partial charge in [-0.15, -0.1) is 0 Å². The second-order valence-corrected chi connectivity index (χ2v) is 7.85. The van der Waals surface area contributed by atoms with Gasteiger partial charge in [-0.2, -0.15) is 0 Å². The predicted octanol–water partition coefficient (Wildman–Crippen LogP) is 4.87. The molecule has 0 bridgehead atoms. The van der Waals surface area contributed by atoms with Crippen molar-refractivity contribution in [1.29, 1.82) is 0 Å². The Hall–Kier alpha value is -3.64. The van der Waals surface area contributed by atoms with Gasteiger partial charge < -0.3 is 21.1 Å². The largest absolute Gasteiger partial charge is 0.445 e. The number of anilines is 1.